The summed E-state index contributed by atoms with van der Waals surface area (Å²) in [5, 5.41) is 0. The van der Waals surface area contributed by atoms with Crippen molar-refractivity contribution in [2.75, 3.05) is 0 Å². The molecule has 0 saturated heterocycles. The highest BCUT2D eigenvalue weighted by molar-refractivity contribution is 9.10. The molecular formula is C14H13BrO2. The van der Waals surface area contributed by atoms with Crippen molar-refractivity contribution < 1.29 is 9.21 Å². The number of ketones is 1. The van der Waals surface area contributed by atoms with Gasteiger partial charge in [0.1, 0.15) is 17.3 Å². The molecule has 0 aliphatic heterocycles. The highest BCUT2D eigenvalue weighted by Gasteiger charge is 2.10. The van der Waals surface area contributed by atoms with E-state index in [4.69, 9.17) is 4.42 Å². The summed E-state index contributed by atoms with van der Waals surface area (Å²) in [5.41, 5.74) is 2.17. The van der Waals surface area contributed by atoms with E-state index >= 15 is 0 Å². The van der Waals surface area contributed by atoms with E-state index in [-0.39, 0.29) is 5.78 Å². The van der Waals surface area contributed by atoms with E-state index in [0.29, 0.717) is 12.2 Å². The first-order valence-corrected chi connectivity index (χ1v) is 6.21. The van der Waals surface area contributed by atoms with Crippen molar-refractivity contribution in [3.63, 3.8) is 0 Å². The third kappa shape index (κ3) is 2.67. The maximum absolute atomic E-state index is 11.0. The standard InChI is InChI=1S/C14H13BrO2/c1-9-4-3-5-12(14(9)15)13-7-6-11(17-13)8-10(2)16/h3-7H,8H2,1-2H3. The molecule has 0 aliphatic rings. The molecule has 2 rings (SSSR count). The van der Waals surface area contributed by atoms with Crippen LogP contribution in [0, 0.1) is 6.92 Å². The van der Waals surface area contributed by atoms with Crippen molar-refractivity contribution >= 4 is 21.7 Å². The highest BCUT2D eigenvalue weighted by Crippen LogP contribution is 2.31. The minimum Gasteiger partial charge on any atom is -0.461 e. The normalized spacial score (nSPS) is 10.5. The Morgan fingerprint density at radius 2 is 2.06 bits per heavy atom. The number of halogens is 1. The number of aryl methyl sites for hydroxylation is 1. The molecule has 0 saturated carbocycles. The van der Waals surface area contributed by atoms with Crippen LogP contribution < -0.4 is 0 Å². The summed E-state index contributed by atoms with van der Waals surface area (Å²) in [7, 11) is 0. The molecule has 0 aliphatic carbocycles. The monoisotopic (exact) mass is 292 g/mol. The van der Waals surface area contributed by atoms with Crippen molar-refractivity contribution in [1.82, 2.24) is 0 Å². The lowest BCUT2D eigenvalue weighted by molar-refractivity contribution is -0.116. The number of hydrogen-bond acceptors (Lipinski definition) is 2. The summed E-state index contributed by atoms with van der Waals surface area (Å²) in [6.45, 7) is 3.60. The van der Waals surface area contributed by atoms with Gasteiger partial charge in [0.05, 0.1) is 6.42 Å². The fourth-order valence-electron chi connectivity index (χ4n) is 1.70. The Kier molecular flexibility index (Phi) is 3.48. The number of furan rings is 1. The first kappa shape index (κ1) is 12.1. The van der Waals surface area contributed by atoms with Gasteiger partial charge in [-0.1, -0.05) is 18.2 Å². The number of rotatable bonds is 3. The second-order valence-corrected chi connectivity index (χ2v) is 4.87. The number of Topliss-reactive ketones (excluding diaryl/α,β-unsaturated/α-hetero) is 1. The van der Waals surface area contributed by atoms with Crippen molar-refractivity contribution in [2.24, 2.45) is 0 Å². The Hall–Kier alpha value is -1.35. The van der Waals surface area contributed by atoms with Crippen LogP contribution in [0.3, 0.4) is 0 Å². The Labute approximate surface area is 109 Å². The summed E-state index contributed by atoms with van der Waals surface area (Å²) >= 11 is 3.55. The largest absolute Gasteiger partial charge is 0.461 e. The molecule has 1 heterocycles. The Bertz CT molecular complexity index is 555. The average Bonchev–Trinajstić information content (AvgIpc) is 2.69. The minimum atomic E-state index is 0.106. The Morgan fingerprint density at radius 3 is 2.76 bits per heavy atom. The first-order valence-electron chi connectivity index (χ1n) is 5.41. The summed E-state index contributed by atoms with van der Waals surface area (Å²) in [6, 6.07) is 9.77. The predicted molar refractivity (Wildman–Crippen MR) is 71.0 cm³/mol. The molecule has 17 heavy (non-hydrogen) atoms. The van der Waals surface area contributed by atoms with Crippen LogP contribution in [0.4, 0.5) is 0 Å². The molecule has 1 aromatic heterocycles. The van der Waals surface area contributed by atoms with Crippen LogP contribution in [0.25, 0.3) is 11.3 Å². The van der Waals surface area contributed by atoms with E-state index < -0.39 is 0 Å². The molecule has 0 fully saturated rings. The van der Waals surface area contributed by atoms with Gasteiger partial charge in [-0.2, -0.15) is 0 Å². The average molecular weight is 293 g/mol. The third-order valence-electron chi connectivity index (χ3n) is 2.54. The van der Waals surface area contributed by atoms with Gasteiger partial charge in [-0.3, -0.25) is 4.79 Å². The molecule has 0 N–H and O–H groups in total. The van der Waals surface area contributed by atoms with E-state index in [1.165, 1.54) is 0 Å². The van der Waals surface area contributed by atoms with Gasteiger partial charge >= 0.3 is 0 Å². The van der Waals surface area contributed by atoms with Crippen LogP contribution in [-0.2, 0) is 11.2 Å². The number of carbonyl (C=O) groups is 1. The number of carbonyl (C=O) groups excluding carboxylic acids is 1. The molecule has 0 spiro atoms. The van der Waals surface area contributed by atoms with E-state index in [0.717, 1.165) is 21.4 Å². The zero-order valence-corrected chi connectivity index (χ0v) is 11.4. The van der Waals surface area contributed by atoms with Crippen molar-refractivity contribution in [2.45, 2.75) is 20.3 Å². The summed E-state index contributed by atoms with van der Waals surface area (Å²) in [5.74, 6) is 1.60. The molecule has 2 nitrogen and oxygen atoms in total. The van der Waals surface area contributed by atoms with Gasteiger partial charge in [-0.25, -0.2) is 0 Å². The Morgan fingerprint density at radius 1 is 1.29 bits per heavy atom. The van der Waals surface area contributed by atoms with E-state index in [1.807, 2.05) is 37.3 Å². The summed E-state index contributed by atoms with van der Waals surface area (Å²) < 4.78 is 6.70. The predicted octanol–water partition coefficient (Wildman–Crippen LogP) is 4.15. The highest BCUT2D eigenvalue weighted by atomic mass is 79.9. The molecule has 0 amide bonds. The second-order valence-electron chi connectivity index (χ2n) is 4.08. The van der Waals surface area contributed by atoms with Gasteiger partial charge in [0.25, 0.3) is 0 Å². The van der Waals surface area contributed by atoms with Crippen molar-refractivity contribution in [1.29, 1.82) is 0 Å². The van der Waals surface area contributed by atoms with E-state index in [1.54, 1.807) is 6.92 Å². The summed E-state index contributed by atoms with van der Waals surface area (Å²) in [6.07, 6.45) is 0.351. The molecule has 88 valence electrons. The fourth-order valence-corrected chi connectivity index (χ4v) is 2.16. The van der Waals surface area contributed by atoms with Crippen LogP contribution in [0.2, 0.25) is 0 Å². The first-order chi connectivity index (χ1) is 8.08. The molecule has 0 bridgehead atoms. The smallest absolute Gasteiger partial charge is 0.137 e. The van der Waals surface area contributed by atoms with Crippen molar-refractivity contribution in [3.05, 3.63) is 46.1 Å². The van der Waals surface area contributed by atoms with Gasteiger partial charge in [0.2, 0.25) is 0 Å². The zero-order valence-electron chi connectivity index (χ0n) is 9.79. The van der Waals surface area contributed by atoms with Crippen molar-refractivity contribution in [3.8, 4) is 11.3 Å². The zero-order chi connectivity index (χ0) is 12.4. The molecule has 3 heteroatoms. The SMILES string of the molecule is CC(=O)Cc1ccc(-c2cccc(C)c2Br)o1. The van der Waals surface area contributed by atoms with E-state index in [2.05, 4.69) is 15.9 Å². The minimum absolute atomic E-state index is 0.106. The van der Waals surface area contributed by atoms with Crippen LogP contribution in [-0.4, -0.2) is 5.78 Å². The molecular weight excluding hydrogens is 280 g/mol. The Balaban J connectivity index is 2.37. The topological polar surface area (TPSA) is 30.2 Å². The summed E-state index contributed by atoms with van der Waals surface area (Å²) in [4.78, 5) is 11.0. The lowest BCUT2D eigenvalue weighted by Crippen LogP contribution is -1.93. The van der Waals surface area contributed by atoms with Gasteiger partial charge in [0.15, 0.2) is 0 Å². The lowest BCUT2D eigenvalue weighted by Gasteiger charge is -2.03. The second kappa shape index (κ2) is 4.88. The van der Waals surface area contributed by atoms with Crippen LogP contribution in [0.1, 0.15) is 18.2 Å². The van der Waals surface area contributed by atoms with E-state index in [9.17, 15) is 4.79 Å². The molecule has 0 unspecified atom stereocenters. The van der Waals surface area contributed by atoms with Gasteiger partial charge in [0, 0.05) is 10.0 Å². The molecule has 2 aromatic rings. The van der Waals surface area contributed by atoms with Crippen LogP contribution in [0.15, 0.2) is 39.2 Å². The molecule has 0 atom stereocenters. The fraction of sp³-hybridized carbons (Fsp3) is 0.214. The van der Waals surface area contributed by atoms with Crippen LogP contribution in [0.5, 0.6) is 0 Å². The maximum atomic E-state index is 11.0. The van der Waals surface area contributed by atoms with Crippen LogP contribution >= 0.6 is 15.9 Å². The maximum Gasteiger partial charge on any atom is 0.137 e. The number of hydrogen-bond donors (Lipinski definition) is 0. The molecule has 0 radical (unpaired) electrons. The van der Waals surface area contributed by atoms with Gasteiger partial charge in [-0.05, 0) is 47.5 Å². The lowest BCUT2D eigenvalue weighted by atomic mass is 10.1. The third-order valence-corrected chi connectivity index (χ3v) is 3.59. The van der Waals surface area contributed by atoms with Gasteiger partial charge < -0.3 is 4.42 Å². The quantitative estimate of drug-likeness (QED) is 0.851. The number of benzene rings is 1. The molecule has 1 aromatic carbocycles. The van der Waals surface area contributed by atoms with Gasteiger partial charge in [-0.15, -0.1) is 0 Å².